The highest BCUT2D eigenvalue weighted by molar-refractivity contribution is 7.12. The second kappa shape index (κ2) is 8.36. The van der Waals surface area contributed by atoms with E-state index in [1.165, 1.54) is 11.3 Å². The SMILES string of the molecule is CCc1sc(Cc2cc(C3CC(O)CC(C)O3)c(CO)cc2Cl)cc1F. The van der Waals surface area contributed by atoms with Crippen LogP contribution in [0.15, 0.2) is 18.2 Å². The molecule has 0 saturated carbocycles. The summed E-state index contributed by atoms with van der Waals surface area (Å²) in [6.45, 7) is 3.73. The highest BCUT2D eigenvalue weighted by Gasteiger charge is 2.29. The highest BCUT2D eigenvalue weighted by Crippen LogP contribution is 2.36. The van der Waals surface area contributed by atoms with Crippen molar-refractivity contribution in [3.63, 3.8) is 0 Å². The van der Waals surface area contributed by atoms with Gasteiger partial charge in [0.2, 0.25) is 0 Å². The lowest BCUT2D eigenvalue weighted by Gasteiger charge is -2.33. The van der Waals surface area contributed by atoms with Crippen molar-refractivity contribution in [3.8, 4) is 0 Å². The van der Waals surface area contributed by atoms with Gasteiger partial charge in [-0.25, -0.2) is 4.39 Å². The summed E-state index contributed by atoms with van der Waals surface area (Å²) >= 11 is 7.88. The van der Waals surface area contributed by atoms with Crippen LogP contribution in [0.4, 0.5) is 4.39 Å². The van der Waals surface area contributed by atoms with E-state index in [0.717, 1.165) is 20.9 Å². The van der Waals surface area contributed by atoms with Crippen molar-refractivity contribution in [3.05, 3.63) is 55.5 Å². The smallest absolute Gasteiger partial charge is 0.137 e. The van der Waals surface area contributed by atoms with Gasteiger partial charge >= 0.3 is 0 Å². The van der Waals surface area contributed by atoms with E-state index in [-0.39, 0.29) is 24.6 Å². The Morgan fingerprint density at radius 3 is 2.65 bits per heavy atom. The molecule has 0 radical (unpaired) electrons. The number of aliphatic hydroxyl groups excluding tert-OH is 2. The number of rotatable bonds is 5. The molecule has 2 N–H and O–H groups in total. The summed E-state index contributed by atoms with van der Waals surface area (Å²) in [7, 11) is 0. The molecule has 2 aromatic rings. The minimum atomic E-state index is -0.423. The molecule has 26 heavy (non-hydrogen) atoms. The van der Waals surface area contributed by atoms with Gasteiger partial charge in [0, 0.05) is 27.6 Å². The molecule has 2 heterocycles. The van der Waals surface area contributed by atoms with Crippen molar-refractivity contribution >= 4 is 22.9 Å². The molecule has 1 saturated heterocycles. The third-order valence-corrected chi connectivity index (χ3v) is 6.41. The van der Waals surface area contributed by atoms with E-state index in [1.54, 1.807) is 12.1 Å². The van der Waals surface area contributed by atoms with Crippen LogP contribution in [0.3, 0.4) is 0 Å². The highest BCUT2D eigenvalue weighted by atomic mass is 35.5. The van der Waals surface area contributed by atoms with Gasteiger partial charge in [-0.2, -0.15) is 0 Å². The first kappa shape index (κ1) is 19.8. The Balaban J connectivity index is 1.93. The molecule has 1 fully saturated rings. The summed E-state index contributed by atoms with van der Waals surface area (Å²) in [4.78, 5) is 1.66. The zero-order chi connectivity index (χ0) is 18.8. The second-order valence-corrected chi connectivity index (χ2v) is 8.50. The van der Waals surface area contributed by atoms with E-state index >= 15 is 0 Å². The largest absolute Gasteiger partial charge is 0.393 e. The zero-order valence-electron chi connectivity index (χ0n) is 15.0. The number of aliphatic hydroxyl groups is 2. The van der Waals surface area contributed by atoms with Crippen molar-refractivity contribution in [2.75, 3.05) is 0 Å². The molecule has 3 nitrogen and oxygen atoms in total. The fourth-order valence-corrected chi connectivity index (χ4v) is 4.80. The van der Waals surface area contributed by atoms with E-state index in [2.05, 4.69) is 0 Å². The van der Waals surface area contributed by atoms with Crippen molar-refractivity contribution in [2.24, 2.45) is 0 Å². The van der Waals surface area contributed by atoms with Crippen molar-refractivity contribution in [1.82, 2.24) is 0 Å². The molecule has 0 amide bonds. The lowest BCUT2D eigenvalue weighted by molar-refractivity contribution is -0.0901. The van der Waals surface area contributed by atoms with E-state index < -0.39 is 6.10 Å². The van der Waals surface area contributed by atoms with Crippen molar-refractivity contribution in [2.45, 2.75) is 64.4 Å². The predicted octanol–water partition coefficient (Wildman–Crippen LogP) is 4.79. The van der Waals surface area contributed by atoms with Crippen LogP contribution >= 0.6 is 22.9 Å². The molecule has 1 aliphatic rings. The summed E-state index contributed by atoms with van der Waals surface area (Å²) in [6.07, 6.45) is 1.55. The van der Waals surface area contributed by atoms with Gasteiger partial charge in [0.15, 0.2) is 0 Å². The molecule has 6 heteroatoms. The number of hydrogen-bond donors (Lipinski definition) is 2. The molecule has 3 rings (SSSR count). The minimum absolute atomic E-state index is 0.0482. The Morgan fingerprint density at radius 1 is 1.27 bits per heavy atom. The monoisotopic (exact) mass is 398 g/mol. The van der Waals surface area contributed by atoms with Crippen LogP contribution in [0.25, 0.3) is 0 Å². The molecule has 0 spiro atoms. The summed E-state index contributed by atoms with van der Waals surface area (Å²) in [5, 5.41) is 20.4. The van der Waals surface area contributed by atoms with E-state index in [1.807, 2.05) is 19.9 Å². The van der Waals surface area contributed by atoms with Crippen molar-refractivity contribution in [1.29, 1.82) is 0 Å². The lowest BCUT2D eigenvalue weighted by Crippen LogP contribution is -2.30. The molecule has 1 aromatic heterocycles. The number of benzene rings is 1. The molecular formula is C20H24ClFO3S. The van der Waals surface area contributed by atoms with Crippen LogP contribution in [0.1, 0.15) is 59.2 Å². The Bertz CT molecular complexity index is 767. The number of halogens is 2. The number of hydrogen-bond acceptors (Lipinski definition) is 4. The van der Waals surface area contributed by atoms with Gasteiger partial charge < -0.3 is 14.9 Å². The maximum absolute atomic E-state index is 13.9. The lowest BCUT2D eigenvalue weighted by atomic mass is 9.91. The Labute approximate surface area is 162 Å². The van der Waals surface area contributed by atoms with Crippen molar-refractivity contribution < 1.29 is 19.3 Å². The normalized spacial score (nSPS) is 23.4. The first-order valence-electron chi connectivity index (χ1n) is 8.93. The summed E-state index contributed by atoms with van der Waals surface area (Å²) in [5.41, 5.74) is 2.43. The molecule has 142 valence electrons. The maximum Gasteiger partial charge on any atom is 0.137 e. The van der Waals surface area contributed by atoms with Crippen LogP contribution in [-0.2, 0) is 24.2 Å². The predicted molar refractivity (Wildman–Crippen MR) is 102 cm³/mol. The Morgan fingerprint density at radius 2 is 2.04 bits per heavy atom. The fraction of sp³-hybridized carbons (Fsp3) is 0.500. The second-order valence-electron chi connectivity index (χ2n) is 6.88. The first-order chi connectivity index (χ1) is 12.4. The molecule has 1 aliphatic heterocycles. The molecular weight excluding hydrogens is 375 g/mol. The maximum atomic E-state index is 13.9. The quantitative estimate of drug-likeness (QED) is 0.761. The van der Waals surface area contributed by atoms with Crippen LogP contribution < -0.4 is 0 Å². The van der Waals surface area contributed by atoms with E-state index in [0.29, 0.717) is 36.3 Å². The molecule has 0 aliphatic carbocycles. The number of ether oxygens (including phenoxy) is 1. The molecule has 3 atom stereocenters. The average molecular weight is 399 g/mol. The van der Waals surface area contributed by atoms with Gasteiger partial charge in [-0.1, -0.05) is 24.6 Å². The average Bonchev–Trinajstić information content (AvgIpc) is 2.94. The van der Waals surface area contributed by atoms with Crippen LogP contribution in [0.2, 0.25) is 5.02 Å². The fourth-order valence-electron chi connectivity index (χ4n) is 3.54. The third kappa shape index (κ3) is 4.29. The molecule has 3 unspecified atom stereocenters. The van der Waals surface area contributed by atoms with Crippen LogP contribution in [0.5, 0.6) is 0 Å². The minimum Gasteiger partial charge on any atom is -0.393 e. The Hall–Kier alpha value is -0.980. The third-order valence-electron chi connectivity index (χ3n) is 4.81. The van der Waals surface area contributed by atoms with Crippen LogP contribution in [0, 0.1) is 5.82 Å². The zero-order valence-corrected chi connectivity index (χ0v) is 16.5. The number of aryl methyl sites for hydroxylation is 1. The number of thiophene rings is 1. The first-order valence-corrected chi connectivity index (χ1v) is 10.1. The van der Waals surface area contributed by atoms with Gasteiger partial charge in [0.05, 0.1) is 24.9 Å². The van der Waals surface area contributed by atoms with Gasteiger partial charge in [0.25, 0.3) is 0 Å². The van der Waals surface area contributed by atoms with Gasteiger partial charge in [-0.3, -0.25) is 0 Å². The summed E-state index contributed by atoms with van der Waals surface area (Å²) in [6, 6.07) is 5.26. The Kier molecular flexibility index (Phi) is 6.36. The molecule has 1 aromatic carbocycles. The van der Waals surface area contributed by atoms with Gasteiger partial charge in [0.1, 0.15) is 5.82 Å². The molecule has 0 bridgehead atoms. The summed E-state index contributed by atoms with van der Waals surface area (Å²) in [5.74, 6) is -0.164. The van der Waals surface area contributed by atoms with Crippen LogP contribution in [-0.4, -0.2) is 22.4 Å². The van der Waals surface area contributed by atoms with Gasteiger partial charge in [-0.05, 0) is 48.6 Å². The summed E-state index contributed by atoms with van der Waals surface area (Å²) < 4.78 is 19.9. The topological polar surface area (TPSA) is 49.7 Å². The van der Waals surface area contributed by atoms with E-state index in [9.17, 15) is 14.6 Å². The van der Waals surface area contributed by atoms with Gasteiger partial charge in [-0.15, -0.1) is 11.3 Å². The standard InChI is InChI=1S/C20H24ClFO3S/c1-3-20-18(22)9-15(26-20)5-12-6-16(13(10-23)7-17(12)21)19-8-14(24)4-11(2)25-19/h6-7,9,11,14,19,23-24H,3-5,8,10H2,1-2H3. The van der Waals surface area contributed by atoms with E-state index in [4.69, 9.17) is 16.3 Å².